The molecular formula is C32H33N3O5S. The van der Waals surface area contributed by atoms with Crippen LogP contribution in [0.15, 0.2) is 84.9 Å². The normalized spacial score (nSPS) is 28.7. The smallest absolute Gasteiger partial charge is 0.248 e. The highest BCUT2D eigenvalue weighted by atomic mass is 32.2. The highest BCUT2D eigenvalue weighted by Gasteiger charge is 2.76. The van der Waals surface area contributed by atoms with Crippen LogP contribution in [0, 0.1) is 17.8 Å². The summed E-state index contributed by atoms with van der Waals surface area (Å²) in [6, 6.07) is 23.9. The van der Waals surface area contributed by atoms with Crippen molar-refractivity contribution in [2.24, 2.45) is 17.8 Å². The summed E-state index contributed by atoms with van der Waals surface area (Å²) in [6.07, 6.45) is 0.719. The van der Waals surface area contributed by atoms with Gasteiger partial charge in [0.1, 0.15) is 11.8 Å². The van der Waals surface area contributed by atoms with Gasteiger partial charge in [0.2, 0.25) is 17.7 Å². The van der Waals surface area contributed by atoms with Gasteiger partial charge in [-0.25, -0.2) is 0 Å². The number of carbonyl (C=O) groups excluding carboxylic acids is 3. The summed E-state index contributed by atoms with van der Waals surface area (Å²) in [5, 5.41) is 16.6. The number of thioether (sulfide) groups is 1. The lowest BCUT2D eigenvalue weighted by atomic mass is 9.66. The zero-order chi connectivity index (χ0) is 28.7. The predicted octanol–water partition coefficient (Wildman–Crippen LogP) is 4.34. The number of rotatable bonds is 8. The van der Waals surface area contributed by atoms with Gasteiger partial charge in [-0.15, -0.1) is 11.8 Å². The van der Waals surface area contributed by atoms with Crippen molar-refractivity contribution in [3.8, 4) is 5.75 Å². The van der Waals surface area contributed by atoms with E-state index in [-0.39, 0.29) is 35.5 Å². The van der Waals surface area contributed by atoms with E-state index < -0.39 is 28.7 Å². The molecule has 2 bridgehead atoms. The number of para-hydroxylation sites is 1. The Hall–Kier alpha value is -3.82. The molecule has 3 unspecified atom stereocenters. The number of nitrogens with zero attached hydrogens (tertiary/aromatic N) is 1. The second kappa shape index (κ2) is 10.9. The van der Waals surface area contributed by atoms with Crippen molar-refractivity contribution in [3.05, 3.63) is 90.5 Å². The molecule has 0 radical (unpaired) electrons. The first kappa shape index (κ1) is 27.4. The number of anilines is 2. The largest absolute Gasteiger partial charge is 0.497 e. The van der Waals surface area contributed by atoms with E-state index in [1.807, 2.05) is 60.7 Å². The molecule has 7 atom stereocenters. The fourth-order valence-corrected chi connectivity index (χ4v) is 9.46. The van der Waals surface area contributed by atoms with Gasteiger partial charge in [-0.3, -0.25) is 14.4 Å². The number of methoxy groups -OCH3 is 1. The van der Waals surface area contributed by atoms with Crippen LogP contribution < -0.4 is 15.4 Å². The number of aliphatic hydroxyl groups excluding tert-OH is 1. The zero-order valence-corrected chi connectivity index (χ0v) is 23.7. The van der Waals surface area contributed by atoms with E-state index in [1.54, 1.807) is 48.0 Å². The zero-order valence-electron chi connectivity index (χ0n) is 22.9. The molecule has 212 valence electrons. The van der Waals surface area contributed by atoms with Gasteiger partial charge in [-0.1, -0.05) is 55.5 Å². The van der Waals surface area contributed by atoms with Crippen LogP contribution >= 0.6 is 11.8 Å². The third kappa shape index (κ3) is 4.48. The van der Waals surface area contributed by atoms with Gasteiger partial charge >= 0.3 is 0 Å². The van der Waals surface area contributed by atoms with Gasteiger partial charge in [0.15, 0.2) is 0 Å². The van der Waals surface area contributed by atoms with Crippen molar-refractivity contribution >= 4 is 40.9 Å². The molecule has 3 aliphatic heterocycles. The molecule has 3 aromatic rings. The molecule has 3 aromatic carbocycles. The summed E-state index contributed by atoms with van der Waals surface area (Å²) in [5.41, 5.74) is 1.98. The van der Waals surface area contributed by atoms with Crippen LogP contribution in [0.2, 0.25) is 0 Å². The van der Waals surface area contributed by atoms with E-state index in [0.29, 0.717) is 17.1 Å². The van der Waals surface area contributed by atoms with Crippen molar-refractivity contribution in [1.82, 2.24) is 4.90 Å². The van der Waals surface area contributed by atoms with E-state index in [0.717, 1.165) is 12.0 Å². The number of hydrogen-bond acceptors (Lipinski definition) is 6. The maximum Gasteiger partial charge on any atom is 0.248 e. The van der Waals surface area contributed by atoms with E-state index in [1.165, 1.54) is 0 Å². The Bertz CT molecular complexity index is 1440. The quantitative estimate of drug-likeness (QED) is 0.371. The molecule has 8 nitrogen and oxygen atoms in total. The first-order valence-electron chi connectivity index (χ1n) is 13.9. The molecular weight excluding hydrogens is 538 g/mol. The van der Waals surface area contributed by atoms with Gasteiger partial charge in [0.05, 0.1) is 36.3 Å². The third-order valence-electron chi connectivity index (χ3n) is 8.83. The summed E-state index contributed by atoms with van der Waals surface area (Å²) < 4.78 is 4.43. The highest BCUT2D eigenvalue weighted by Crippen LogP contribution is 2.69. The number of aliphatic hydroxyl groups is 1. The maximum absolute atomic E-state index is 14.5. The van der Waals surface area contributed by atoms with Crippen LogP contribution in [0.1, 0.15) is 24.9 Å². The molecule has 0 saturated carbocycles. The average Bonchev–Trinajstić information content (AvgIpc) is 3.59. The van der Waals surface area contributed by atoms with Crippen molar-refractivity contribution in [2.45, 2.75) is 35.4 Å². The SMILES string of the molecule is COc1ccc(NC(=O)C2N([C@H](CO)c3ccccc3)C(=O)[C@@H]3[C@H](C(=O)Nc4ccccc4)[C@@H]4CC(C)C23S4)cc1. The number of benzene rings is 3. The summed E-state index contributed by atoms with van der Waals surface area (Å²) in [7, 11) is 1.58. The Kier molecular flexibility index (Phi) is 7.25. The number of ether oxygens (including phenoxy) is 1. The summed E-state index contributed by atoms with van der Waals surface area (Å²) in [6.45, 7) is 1.72. The van der Waals surface area contributed by atoms with Crippen LogP contribution in [0.25, 0.3) is 0 Å². The van der Waals surface area contributed by atoms with Crippen LogP contribution in [0.5, 0.6) is 5.75 Å². The number of hydrogen-bond donors (Lipinski definition) is 3. The first-order chi connectivity index (χ1) is 19.9. The molecule has 0 aromatic heterocycles. The molecule has 41 heavy (non-hydrogen) atoms. The van der Waals surface area contributed by atoms with E-state index in [4.69, 9.17) is 4.74 Å². The lowest BCUT2D eigenvalue weighted by molar-refractivity contribution is -0.141. The Morgan fingerprint density at radius 1 is 0.976 bits per heavy atom. The van der Waals surface area contributed by atoms with Crippen LogP contribution in [-0.4, -0.2) is 57.5 Å². The van der Waals surface area contributed by atoms with Gasteiger partial charge in [0, 0.05) is 16.6 Å². The molecule has 3 N–H and O–H groups in total. The monoisotopic (exact) mass is 571 g/mol. The Morgan fingerprint density at radius 3 is 2.22 bits per heavy atom. The third-order valence-corrected chi connectivity index (χ3v) is 10.9. The molecule has 0 aliphatic carbocycles. The average molecular weight is 572 g/mol. The summed E-state index contributed by atoms with van der Waals surface area (Å²) >= 11 is 1.60. The molecule has 1 spiro atoms. The van der Waals surface area contributed by atoms with Crippen molar-refractivity contribution in [2.75, 3.05) is 24.4 Å². The lowest BCUT2D eigenvalue weighted by Crippen LogP contribution is -2.55. The minimum absolute atomic E-state index is 0.000964. The second-order valence-electron chi connectivity index (χ2n) is 11.0. The van der Waals surface area contributed by atoms with Crippen molar-refractivity contribution in [3.63, 3.8) is 0 Å². The summed E-state index contributed by atoms with van der Waals surface area (Å²) in [5.74, 6) is -1.44. The number of carbonyl (C=O) groups is 3. The Labute approximate surface area is 243 Å². The number of likely N-dealkylation sites (tertiary alicyclic amines) is 1. The standard InChI is InChI=1S/C32H33N3O5S/c1-19-17-25-26(29(37)33-21-11-7-4-8-12-21)27-31(39)35(24(18-36)20-9-5-3-6-10-20)28(32(19,27)41-25)30(38)34-22-13-15-23(40-2)16-14-22/h3-16,19,24-28,36H,17-18H2,1-2H3,(H,33,37)(H,34,38)/t19?,24-,25+,26-,27+,28?,32?/m1/s1. The van der Waals surface area contributed by atoms with Crippen LogP contribution in [0.3, 0.4) is 0 Å². The maximum atomic E-state index is 14.5. The van der Waals surface area contributed by atoms with Gasteiger partial charge < -0.3 is 25.4 Å². The molecule has 3 aliphatic rings. The van der Waals surface area contributed by atoms with Crippen LogP contribution in [0.4, 0.5) is 11.4 Å². The molecule has 6 rings (SSSR count). The molecule has 3 saturated heterocycles. The van der Waals surface area contributed by atoms with Crippen molar-refractivity contribution < 1.29 is 24.2 Å². The first-order valence-corrected chi connectivity index (χ1v) is 14.7. The van der Waals surface area contributed by atoms with Gasteiger partial charge in [-0.05, 0) is 54.3 Å². The highest BCUT2D eigenvalue weighted by molar-refractivity contribution is 8.02. The van der Waals surface area contributed by atoms with Gasteiger partial charge in [0.25, 0.3) is 0 Å². The Balaban J connectivity index is 1.41. The molecule has 3 fully saturated rings. The second-order valence-corrected chi connectivity index (χ2v) is 12.5. The topological polar surface area (TPSA) is 108 Å². The number of nitrogens with one attached hydrogen (secondary N) is 2. The molecule has 9 heteroatoms. The predicted molar refractivity (Wildman–Crippen MR) is 158 cm³/mol. The summed E-state index contributed by atoms with van der Waals surface area (Å²) in [4.78, 5) is 44.2. The van der Waals surface area contributed by atoms with Crippen LogP contribution in [-0.2, 0) is 14.4 Å². The Morgan fingerprint density at radius 2 is 1.59 bits per heavy atom. The van der Waals surface area contributed by atoms with E-state index >= 15 is 0 Å². The molecule has 3 heterocycles. The van der Waals surface area contributed by atoms with Gasteiger partial charge in [-0.2, -0.15) is 0 Å². The number of amides is 3. The van der Waals surface area contributed by atoms with E-state index in [9.17, 15) is 19.5 Å². The molecule has 3 amide bonds. The minimum atomic E-state index is -0.890. The van der Waals surface area contributed by atoms with E-state index in [2.05, 4.69) is 17.6 Å². The van der Waals surface area contributed by atoms with Crippen molar-refractivity contribution in [1.29, 1.82) is 0 Å². The number of fused-ring (bicyclic) bond motifs is 1. The minimum Gasteiger partial charge on any atom is -0.497 e. The fraction of sp³-hybridized carbons (Fsp3) is 0.344. The lowest BCUT2D eigenvalue weighted by Gasteiger charge is -2.40. The fourth-order valence-electron chi connectivity index (χ4n) is 7.06.